The predicted molar refractivity (Wildman–Crippen MR) is 43.5 cm³/mol. The van der Waals surface area contributed by atoms with Crippen molar-refractivity contribution < 1.29 is 14.6 Å². The van der Waals surface area contributed by atoms with Crippen LogP contribution in [0.4, 0.5) is 4.39 Å². The topological polar surface area (TPSA) is 40.5 Å². The minimum absolute atomic E-state index is 0.0559. The van der Waals surface area contributed by atoms with E-state index in [0.717, 1.165) is 6.07 Å². The van der Waals surface area contributed by atoms with E-state index < -0.39 is 5.82 Å². The van der Waals surface area contributed by atoms with Crippen LogP contribution in [0, 0.1) is 5.82 Å². The molecule has 1 rings (SSSR count). The molecule has 0 heterocycles. The van der Waals surface area contributed by atoms with Gasteiger partial charge < -0.3 is 10.2 Å². The zero-order valence-corrected chi connectivity index (χ0v) is 6.63. The molecule has 0 aliphatic rings. The highest BCUT2D eigenvalue weighted by molar-refractivity contribution is 5.27. The molecule has 0 amide bonds. The molecule has 0 fully saturated rings. The number of phenols is 1. The van der Waals surface area contributed by atoms with Crippen molar-refractivity contribution in [2.45, 2.75) is 12.8 Å². The van der Waals surface area contributed by atoms with Gasteiger partial charge >= 0.3 is 0 Å². The van der Waals surface area contributed by atoms with Crippen LogP contribution in [0.15, 0.2) is 18.2 Å². The SMILES string of the molecule is OCCCc1ccc(O)cc1F. The number of hydrogen-bond donors (Lipinski definition) is 2. The van der Waals surface area contributed by atoms with Gasteiger partial charge in [-0.3, -0.25) is 0 Å². The first-order chi connectivity index (χ1) is 5.74. The Kier molecular flexibility index (Phi) is 3.05. The molecule has 0 saturated carbocycles. The van der Waals surface area contributed by atoms with Crippen LogP contribution in [0.5, 0.6) is 5.75 Å². The smallest absolute Gasteiger partial charge is 0.130 e. The van der Waals surface area contributed by atoms with Crippen LogP contribution < -0.4 is 0 Å². The minimum atomic E-state index is -0.413. The molecule has 0 aromatic heterocycles. The molecule has 0 saturated heterocycles. The number of aryl methyl sites for hydroxylation is 1. The third kappa shape index (κ3) is 2.20. The zero-order chi connectivity index (χ0) is 8.97. The number of aliphatic hydroxyl groups is 1. The van der Waals surface area contributed by atoms with Gasteiger partial charge in [-0.2, -0.15) is 0 Å². The summed E-state index contributed by atoms with van der Waals surface area (Å²) in [5, 5.41) is 17.4. The van der Waals surface area contributed by atoms with Gasteiger partial charge in [-0.1, -0.05) is 6.07 Å². The second kappa shape index (κ2) is 4.07. The van der Waals surface area contributed by atoms with E-state index in [9.17, 15) is 4.39 Å². The first kappa shape index (κ1) is 9.00. The van der Waals surface area contributed by atoms with Gasteiger partial charge in [0.25, 0.3) is 0 Å². The Morgan fingerprint density at radius 3 is 2.67 bits per heavy atom. The number of hydrogen-bond acceptors (Lipinski definition) is 2. The summed E-state index contributed by atoms with van der Waals surface area (Å²) in [6.45, 7) is 0.0559. The van der Waals surface area contributed by atoms with Gasteiger partial charge in [-0.25, -0.2) is 4.39 Å². The van der Waals surface area contributed by atoms with Gasteiger partial charge in [0, 0.05) is 12.7 Å². The molecule has 0 aliphatic heterocycles. The highest BCUT2D eigenvalue weighted by Gasteiger charge is 2.01. The molecule has 2 nitrogen and oxygen atoms in total. The standard InChI is InChI=1S/C9H11FO2/c10-9-6-8(12)4-3-7(9)2-1-5-11/h3-4,6,11-12H,1-2,5H2. The molecule has 2 N–H and O–H groups in total. The average Bonchev–Trinajstić information content (AvgIpc) is 2.03. The second-order valence-corrected chi connectivity index (χ2v) is 2.60. The van der Waals surface area contributed by atoms with Crippen molar-refractivity contribution >= 4 is 0 Å². The average molecular weight is 170 g/mol. The van der Waals surface area contributed by atoms with E-state index in [4.69, 9.17) is 10.2 Å². The summed E-state index contributed by atoms with van der Waals surface area (Å²) in [5.74, 6) is -0.483. The Morgan fingerprint density at radius 1 is 1.33 bits per heavy atom. The van der Waals surface area contributed by atoms with Crippen LogP contribution in [-0.2, 0) is 6.42 Å². The van der Waals surface area contributed by atoms with Crippen molar-refractivity contribution in [2.24, 2.45) is 0 Å². The minimum Gasteiger partial charge on any atom is -0.508 e. The Labute approximate surface area is 70.3 Å². The van der Waals surface area contributed by atoms with Crippen LogP contribution in [-0.4, -0.2) is 16.8 Å². The fourth-order valence-corrected chi connectivity index (χ4v) is 1.01. The molecule has 0 aliphatic carbocycles. The van der Waals surface area contributed by atoms with E-state index in [0.29, 0.717) is 18.4 Å². The third-order valence-electron chi connectivity index (χ3n) is 1.64. The molecule has 0 atom stereocenters. The van der Waals surface area contributed by atoms with Gasteiger partial charge in [0.05, 0.1) is 0 Å². The maximum Gasteiger partial charge on any atom is 0.130 e. The first-order valence-corrected chi connectivity index (χ1v) is 3.82. The van der Waals surface area contributed by atoms with E-state index in [1.54, 1.807) is 0 Å². The van der Waals surface area contributed by atoms with Crippen LogP contribution in [0.25, 0.3) is 0 Å². The molecule has 0 spiro atoms. The van der Waals surface area contributed by atoms with Crippen molar-refractivity contribution in [1.82, 2.24) is 0 Å². The summed E-state index contributed by atoms with van der Waals surface area (Å²) in [6.07, 6.45) is 1.05. The molecule has 12 heavy (non-hydrogen) atoms. The van der Waals surface area contributed by atoms with E-state index in [1.807, 2.05) is 0 Å². The number of phenolic OH excluding ortho intramolecular Hbond substituents is 1. The van der Waals surface area contributed by atoms with Crippen LogP contribution >= 0.6 is 0 Å². The lowest BCUT2D eigenvalue weighted by Gasteiger charge is -2.01. The molecule has 0 unspecified atom stereocenters. The molecule has 1 aromatic carbocycles. The largest absolute Gasteiger partial charge is 0.508 e. The van der Waals surface area contributed by atoms with Crippen LogP contribution in [0.2, 0.25) is 0 Å². The highest BCUT2D eigenvalue weighted by Crippen LogP contribution is 2.15. The number of benzene rings is 1. The van der Waals surface area contributed by atoms with Gasteiger partial charge in [-0.05, 0) is 24.5 Å². The van der Waals surface area contributed by atoms with E-state index in [-0.39, 0.29) is 12.4 Å². The summed E-state index contributed by atoms with van der Waals surface area (Å²) in [7, 11) is 0. The van der Waals surface area contributed by atoms with Crippen molar-refractivity contribution in [3.63, 3.8) is 0 Å². The molecule has 66 valence electrons. The summed E-state index contributed by atoms with van der Waals surface area (Å²) >= 11 is 0. The maximum absolute atomic E-state index is 12.9. The number of rotatable bonds is 3. The van der Waals surface area contributed by atoms with Crippen LogP contribution in [0.1, 0.15) is 12.0 Å². The van der Waals surface area contributed by atoms with Crippen molar-refractivity contribution in [3.05, 3.63) is 29.6 Å². The normalized spacial score (nSPS) is 10.2. The van der Waals surface area contributed by atoms with Gasteiger partial charge in [-0.15, -0.1) is 0 Å². The van der Waals surface area contributed by atoms with Gasteiger partial charge in [0.15, 0.2) is 0 Å². The summed E-state index contributed by atoms with van der Waals surface area (Å²) in [6, 6.07) is 4.04. The summed E-state index contributed by atoms with van der Waals surface area (Å²) in [5.41, 5.74) is 0.529. The molecule has 0 bridgehead atoms. The summed E-state index contributed by atoms with van der Waals surface area (Å²) in [4.78, 5) is 0. The number of aromatic hydroxyl groups is 1. The predicted octanol–water partition coefficient (Wildman–Crippen LogP) is 1.46. The molecule has 1 aromatic rings. The second-order valence-electron chi connectivity index (χ2n) is 2.60. The molecular formula is C9H11FO2. The van der Waals surface area contributed by atoms with Crippen molar-refractivity contribution in [3.8, 4) is 5.75 Å². The zero-order valence-electron chi connectivity index (χ0n) is 6.63. The van der Waals surface area contributed by atoms with E-state index in [2.05, 4.69) is 0 Å². The Morgan fingerprint density at radius 2 is 2.08 bits per heavy atom. The van der Waals surface area contributed by atoms with Crippen molar-refractivity contribution in [2.75, 3.05) is 6.61 Å². The molecule has 0 radical (unpaired) electrons. The highest BCUT2D eigenvalue weighted by atomic mass is 19.1. The Hall–Kier alpha value is -1.09. The first-order valence-electron chi connectivity index (χ1n) is 3.82. The van der Waals surface area contributed by atoms with E-state index in [1.165, 1.54) is 12.1 Å². The van der Waals surface area contributed by atoms with Gasteiger partial charge in [0.2, 0.25) is 0 Å². The van der Waals surface area contributed by atoms with Gasteiger partial charge in [0.1, 0.15) is 11.6 Å². The third-order valence-corrected chi connectivity index (χ3v) is 1.64. The molecule has 3 heteroatoms. The number of aliphatic hydroxyl groups excluding tert-OH is 1. The van der Waals surface area contributed by atoms with E-state index >= 15 is 0 Å². The Balaban J connectivity index is 2.72. The van der Waals surface area contributed by atoms with Crippen LogP contribution in [0.3, 0.4) is 0 Å². The fourth-order valence-electron chi connectivity index (χ4n) is 1.01. The lowest BCUT2D eigenvalue weighted by Crippen LogP contribution is -1.92. The quantitative estimate of drug-likeness (QED) is 0.720. The lowest BCUT2D eigenvalue weighted by atomic mass is 10.1. The maximum atomic E-state index is 12.9. The fraction of sp³-hybridized carbons (Fsp3) is 0.333. The molecular weight excluding hydrogens is 159 g/mol. The number of halogens is 1. The Bertz CT molecular complexity index is 261. The summed E-state index contributed by atoms with van der Waals surface area (Å²) < 4.78 is 12.9. The van der Waals surface area contributed by atoms with Crippen molar-refractivity contribution in [1.29, 1.82) is 0 Å². The monoisotopic (exact) mass is 170 g/mol. The lowest BCUT2D eigenvalue weighted by molar-refractivity contribution is 0.288.